The first-order chi connectivity index (χ1) is 4.68. The van der Waals surface area contributed by atoms with Crippen LogP contribution in [0.15, 0.2) is 0 Å². The van der Waals surface area contributed by atoms with Gasteiger partial charge in [0.2, 0.25) is 0 Å². The fourth-order valence-corrected chi connectivity index (χ4v) is 2.19. The minimum absolute atomic E-state index is 0.562. The lowest BCUT2D eigenvalue weighted by molar-refractivity contribution is 0.106. The van der Waals surface area contributed by atoms with Crippen molar-refractivity contribution in [2.75, 3.05) is 6.61 Å². The maximum atomic E-state index is 5.61. The lowest BCUT2D eigenvalue weighted by Gasteiger charge is -2.34. The number of fused-ring (bicyclic) bond motifs is 2. The smallest absolute Gasteiger partial charge is 0.0579 e. The standard InChI is InChI=1S/C9H16O/c1-9(2)4-3-8-5-7(9)6-10-8/h7-8H,3-6H2,1-2H3. The van der Waals surface area contributed by atoms with Crippen LogP contribution in [-0.2, 0) is 4.74 Å². The predicted octanol–water partition coefficient (Wildman–Crippen LogP) is 2.21. The second kappa shape index (κ2) is 1.97. The molecule has 0 amide bonds. The minimum atomic E-state index is 0.562. The van der Waals surface area contributed by atoms with E-state index >= 15 is 0 Å². The average molecular weight is 140 g/mol. The summed E-state index contributed by atoms with van der Waals surface area (Å²) in [6, 6.07) is 0. The molecule has 1 heterocycles. The molecule has 0 radical (unpaired) electrons. The number of rotatable bonds is 0. The molecule has 0 aromatic rings. The average Bonchev–Trinajstić information content (AvgIpc) is 2.26. The van der Waals surface area contributed by atoms with E-state index in [0.717, 1.165) is 12.5 Å². The van der Waals surface area contributed by atoms with Gasteiger partial charge in [-0.3, -0.25) is 0 Å². The van der Waals surface area contributed by atoms with E-state index in [4.69, 9.17) is 4.74 Å². The Balaban J connectivity index is 2.14. The van der Waals surface area contributed by atoms with Gasteiger partial charge in [-0.1, -0.05) is 13.8 Å². The first-order valence-electron chi connectivity index (χ1n) is 4.30. The maximum absolute atomic E-state index is 5.61. The van der Waals surface area contributed by atoms with Crippen molar-refractivity contribution in [3.63, 3.8) is 0 Å². The van der Waals surface area contributed by atoms with Gasteiger partial charge in [-0.05, 0) is 30.6 Å². The van der Waals surface area contributed by atoms with Crippen LogP contribution in [0.5, 0.6) is 0 Å². The lowest BCUT2D eigenvalue weighted by atomic mass is 9.70. The number of hydrogen-bond donors (Lipinski definition) is 0. The van der Waals surface area contributed by atoms with Crippen LogP contribution >= 0.6 is 0 Å². The molecule has 0 N–H and O–H groups in total. The summed E-state index contributed by atoms with van der Waals surface area (Å²) in [7, 11) is 0. The molecule has 1 heteroatoms. The van der Waals surface area contributed by atoms with E-state index in [1.165, 1.54) is 19.3 Å². The van der Waals surface area contributed by atoms with Gasteiger partial charge in [0, 0.05) is 0 Å². The Labute approximate surface area is 62.8 Å². The molecule has 1 saturated carbocycles. The van der Waals surface area contributed by atoms with Gasteiger partial charge >= 0.3 is 0 Å². The van der Waals surface area contributed by atoms with E-state index in [1.54, 1.807) is 0 Å². The fourth-order valence-electron chi connectivity index (χ4n) is 2.19. The Morgan fingerprint density at radius 3 is 2.90 bits per heavy atom. The summed E-state index contributed by atoms with van der Waals surface area (Å²) < 4.78 is 5.61. The van der Waals surface area contributed by atoms with Crippen molar-refractivity contribution in [1.29, 1.82) is 0 Å². The van der Waals surface area contributed by atoms with Gasteiger partial charge in [-0.2, -0.15) is 0 Å². The first-order valence-corrected chi connectivity index (χ1v) is 4.30. The summed E-state index contributed by atoms with van der Waals surface area (Å²) in [5, 5.41) is 0. The van der Waals surface area contributed by atoms with Gasteiger partial charge in [-0.25, -0.2) is 0 Å². The van der Waals surface area contributed by atoms with Crippen molar-refractivity contribution < 1.29 is 4.74 Å². The summed E-state index contributed by atoms with van der Waals surface area (Å²) in [5.74, 6) is 0.853. The molecule has 2 aliphatic rings. The molecule has 0 aromatic heterocycles. The third-order valence-electron chi connectivity index (χ3n) is 3.30. The van der Waals surface area contributed by atoms with Gasteiger partial charge in [-0.15, -0.1) is 0 Å². The van der Waals surface area contributed by atoms with Gasteiger partial charge in [0.05, 0.1) is 12.7 Å². The van der Waals surface area contributed by atoms with E-state index in [-0.39, 0.29) is 0 Å². The highest BCUT2D eigenvalue weighted by molar-refractivity contribution is 4.90. The molecular weight excluding hydrogens is 124 g/mol. The molecule has 1 aliphatic heterocycles. The summed E-state index contributed by atoms with van der Waals surface area (Å²) in [5.41, 5.74) is 0.562. The Morgan fingerprint density at radius 2 is 2.20 bits per heavy atom. The minimum Gasteiger partial charge on any atom is -0.378 e. The number of hydrogen-bond acceptors (Lipinski definition) is 1. The quantitative estimate of drug-likeness (QED) is 0.501. The molecule has 0 spiro atoms. The predicted molar refractivity (Wildman–Crippen MR) is 40.9 cm³/mol. The van der Waals surface area contributed by atoms with E-state index in [9.17, 15) is 0 Å². The van der Waals surface area contributed by atoms with E-state index in [1.807, 2.05) is 0 Å². The molecule has 1 nitrogen and oxygen atoms in total. The molecule has 2 atom stereocenters. The first kappa shape index (κ1) is 6.66. The highest BCUT2D eigenvalue weighted by Gasteiger charge is 2.41. The molecule has 58 valence electrons. The van der Waals surface area contributed by atoms with Crippen molar-refractivity contribution in [2.24, 2.45) is 11.3 Å². The second-order valence-electron chi connectivity index (χ2n) is 4.42. The molecule has 1 saturated heterocycles. The van der Waals surface area contributed by atoms with Gasteiger partial charge in [0.1, 0.15) is 0 Å². The van der Waals surface area contributed by atoms with Crippen LogP contribution in [0.1, 0.15) is 33.1 Å². The largest absolute Gasteiger partial charge is 0.378 e. The van der Waals surface area contributed by atoms with Crippen LogP contribution in [0, 0.1) is 11.3 Å². The third kappa shape index (κ3) is 0.878. The SMILES string of the molecule is CC1(C)CCC2CC1CO2. The van der Waals surface area contributed by atoms with Crippen LogP contribution < -0.4 is 0 Å². The molecule has 1 aliphatic carbocycles. The Hall–Kier alpha value is -0.0400. The van der Waals surface area contributed by atoms with Gasteiger partial charge in [0.15, 0.2) is 0 Å². The Bertz CT molecular complexity index is 140. The molecule has 0 aromatic carbocycles. The topological polar surface area (TPSA) is 9.23 Å². The third-order valence-corrected chi connectivity index (χ3v) is 3.30. The van der Waals surface area contributed by atoms with Crippen molar-refractivity contribution in [1.82, 2.24) is 0 Å². The van der Waals surface area contributed by atoms with Crippen molar-refractivity contribution in [3.8, 4) is 0 Å². The molecule has 2 unspecified atom stereocenters. The Kier molecular flexibility index (Phi) is 1.31. The summed E-state index contributed by atoms with van der Waals surface area (Å²) >= 11 is 0. The van der Waals surface area contributed by atoms with E-state index < -0.39 is 0 Å². The van der Waals surface area contributed by atoms with Crippen molar-refractivity contribution in [3.05, 3.63) is 0 Å². The highest BCUT2D eigenvalue weighted by atomic mass is 16.5. The van der Waals surface area contributed by atoms with Gasteiger partial charge in [0.25, 0.3) is 0 Å². The van der Waals surface area contributed by atoms with Crippen LogP contribution in [0.3, 0.4) is 0 Å². The molecule has 2 rings (SSSR count). The monoisotopic (exact) mass is 140 g/mol. The van der Waals surface area contributed by atoms with Crippen LogP contribution in [0.4, 0.5) is 0 Å². The zero-order valence-corrected chi connectivity index (χ0v) is 6.89. The van der Waals surface area contributed by atoms with Crippen LogP contribution in [0.25, 0.3) is 0 Å². The lowest BCUT2D eigenvalue weighted by Crippen LogP contribution is -2.28. The summed E-state index contributed by atoms with van der Waals surface area (Å²) in [6.07, 6.45) is 4.61. The Morgan fingerprint density at radius 1 is 1.40 bits per heavy atom. The molecule has 2 fully saturated rings. The van der Waals surface area contributed by atoms with E-state index in [0.29, 0.717) is 11.5 Å². The molecule has 2 bridgehead atoms. The van der Waals surface area contributed by atoms with Crippen LogP contribution in [-0.4, -0.2) is 12.7 Å². The maximum Gasteiger partial charge on any atom is 0.0579 e. The zero-order chi connectivity index (χ0) is 7.19. The number of ether oxygens (including phenoxy) is 1. The summed E-state index contributed by atoms with van der Waals surface area (Å²) in [4.78, 5) is 0. The van der Waals surface area contributed by atoms with Gasteiger partial charge < -0.3 is 4.74 Å². The normalized spacial score (nSPS) is 43.8. The van der Waals surface area contributed by atoms with E-state index in [2.05, 4.69) is 13.8 Å². The van der Waals surface area contributed by atoms with Crippen molar-refractivity contribution >= 4 is 0 Å². The molecule has 10 heavy (non-hydrogen) atoms. The zero-order valence-electron chi connectivity index (χ0n) is 6.89. The summed E-state index contributed by atoms with van der Waals surface area (Å²) in [6.45, 7) is 5.78. The second-order valence-corrected chi connectivity index (χ2v) is 4.42. The fraction of sp³-hybridized carbons (Fsp3) is 1.00. The molecular formula is C9H16O. The van der Waals surface area contributed by atoms with Crippen LogP contribution in [0.2, 0.25) is 0 Å². The highest BCUT2D eigenvalue weighted by Crippen LogP contribution is 2.45. The van der Waals surface area contributed by atoms with Crippen molar-refractivity contribution in [2.45, 2.75) is 39.2 Å².